The van der Waals surface area contributed by atoms with E-state index in [1.54, 1.807) is 12.3 Å². The SMILES string of the molecule is CCOc1ccc(S(=O)(=O)Nc2nccs2)cc1NC(C)=O. The molecule has 0 atom stereocenters. The van der Waals surface area contributed by atoms with Crippen molar-refractivity contribution >= 4 is 38.1 Å². The fraction of sp³-hybridized carbons (Fsp3) is 0.231. The molecule has 2 N–H and O–H groups in total. The Balaban J connectivity index is 2.36. The zero-order valence-corrected chi connectivity index (χ0v) is 13.6. The fourth-order valence-corrected chi connectivity index (χ4v) is 3.51. The van der Waals surface area contributed by atoms with Crippen LogP contribution in [0.15, 0.2) is 34.7 Å². The van der Waals surface area contributed by atoms with Gasteiger partial charge in [-0.05, 0) is 25.1 Å². The van der Waals surface area contributed by atoms with Crippen LogP contribution in [0.1, 0.15) is 13.8 Å². The number of aromatic nitrogens is 1. The van der Waals surface area contributed by atoms with Gasteiger partial charge in [0.15, 0.2) is 5.13 Å². The Bertz CT molecular complexity index is 758. The van der Waals surface area contributed by atoms with Crippen LogP contribution in [-0.2, 0) is 14.8 Å². The number of carbonyl (C=O) groups excluding carboxylic acids is 1. The van der Waals surface area contributed by atoms with Crippen molar-refractivity contribution in [3.8, 4) is 5.75 Å². The van der Waals surface area contributed by atoms with Crippen molar-refractivity contribution in [2.75, 3.05) is 16.6 Å². The van der Waals surface area contributed by atoms with Gasteiger partial charge in [-0.2, -0.15) is 0 Å². The Hall–Kier alpha value is -2.13. The third-order valence-corrected chi connectivity index (χ3v) is 4.68. The molecule has 1 amide bonds. The van der Waals surface area contributed by atoms with E-state index in [2.05, 4.69) is 15.0 Å². The average molecular weight is 341 g/mol. The lowest BCUT2D eigenvalue weighted by atomic mass is 10.3. The maximum atomic E-state index is 12.3. The van der Waals surface area contributed by atoms with E-state index in [1.165, 1.54) is 42.7 Å². The summed E-state index contributed by atoms with van der Waals surface area (Å²) in [5.74, 6) is 0.0919. The number of nitrogens with zero attached hydrogens (tertiary/aromatic N) is 1. The molecule has 1 aromatic carbocycles. The first kappa shape index (κ1) is 16.2. The highest BCUT2D eigenvalue weighted by Crippen LogP contribution is 2.29. The molecular weight excluding hydrogens is 326 g/mol. The second kappa shape index (κ2) is 6.75. The first-order valence-electron chi connectivity index (χ1n) is 6.39. The molecule has 0 aliphatic carbocycles. The molecule has 0 radical (unpaired) electrons. The van der Waals surface area contributed by atoms with Gasteiger partial charge in [-0.15, -0.1) is 11.3 Å². The Labute approximate surface area is 132 Å². The molecule has 0 aliphatic rings. The molecule has 0 saturated heterocycles. The van der Waals surface area contributed by atoms with E-state index >= 15 is 0 Å². The third-order valence-electron chi connectivity index (χ3n) is 2.53. The van der Waals surface area contributed by atoms with Gasteiger partial charge in [0, 0.05) is 18.5 Å². The monoisotopic (exact) mass is 341 g/mol. The van der Waals surface area contributed by atoms with Crippen LogP contribution in [0, 0.1) is 0 Å². The summed E-state index contributed by atoms with van der Waals surface area (Å²) in [5.41, 5.74) is 0.302. The van der Waals surface area contributed by atoms with Gasteiger partial charge in [0.2, 0.25) is 5.91 Å². The zero-order chi connectivity index (χ0) is 16.2. The predicted octanol–water partition coefficient (Wildman–Crippen LogP) is 2.30. The minimum Gasteiger partial charge on any atom is -0.492 e. The molecule has 7 nitrogen and oxygen atoms in total. The molecule has 0 spiro atoms. The molecule has 118 valence electrons. The lowest BCUT2D eigenvalue weighted by molar-refractivity contribution is -0.114. The molecule has 0 bridgehead atoms. The predicted molar refractivity (Wildman–Crippen MR) is 84.8 cm³/mol. The van der Waals surface area contributed by atoms with E-state index in [0.717, 1.165) is 0 Å². The second-order valence-electron chi connectivity index (χ2n) is 4.21. The smallest absolute Gasteiger partial charge is 0.263 e. The van der Waals surface area contributed by atoms with Crippen LogP contribution in [0.25, 0.3) is 0 Å². The minimum absolute atomic E-state index is 0.00917. The summed E-state index contributed by atoms with van der Waals surface area (Å²) in [7, 11) is -3.78. The third kappa shape index (κ3) is 3.95. The maximum Gasteiger partial charge on any atom is 0.263 e. The summed E-state index contributed by atoms with van der Waals surface area (Å²) in [6, 6.07) is 4.26. The van der Waals surface area contributed by atoms with Gasteiger partial charge in [0.25, 0.3) is 10.0 Å². The number of benzene rings is 1. The van der Waals surface area contributed by atoms with E-state index in [0.29, 0.717) is 18.0 Å². The lowest BCUT2D eigenvalue weighted by Crippen LogP contribution is -2.14. The van der Waals surface area contributed by atoms with Crippen LogP contribution in [0.5, 0.6) is 5.75 Å². The molecule has 2 aromatic rings. The van der Waals surface area contributed by atoms with Crippen molar-refractivity contribution in [1.29, 1.82) is 0 Å². The number of sulfonamides is 1. The number of carbonyl (C=O) groups is 1. The number of amides is 1. The molecular formula is C13H15N3O4S2. The van der Waals surface area contributed by atoms with Gasteiger partial charge in [-0.1, -0.05) is 0 Å². The van der Waals surface area contributed by atoms with E-state index in [1.807, 2.05) is 0 Å². The molecule has 9 heteroatoms. The first-order valence-corrected chi connectivity index (χ1v) is 8.75. The van der Waals surface area contributed by atoms with Crippen LogP contribution in [0.2, 0.25) is 0 Å². The van der Waals surface area contributed by atoms with E-state index in [4.69, 9.17) is 4.74 Å². The van der Waals surface area contributed by atoms with E-state index < -0.39 is 10.0 Å². The summed E-state index contributed by atoms with van der Waals surface area (Å²) in [6.45, 7) is 3.53. The highest BCUT2D eigenvalue weighted by molar-refractivity contribution is 7.93. The highest BCUT2D eigenvalue weighted by atomic mass is 32.2. The largest absolute Gasteiger partial charge is 0.492 e. The number of hydrogen-bond acceptors (Lipinski definition) is 6. The Morgan fingerprint density at radius 2 is 2.18 bits per heavy atom. The number of hydrogen-bond donors (Lipinski definition) is 2. The zero-order valence-electron chi connectivity index (χ0n) is 12.0. The van der Waals surface area contributed by atoms with Gasteiger partial charge in [0.1, 0.15) is 5.75 Å². The Morgan fingerprint density at radius 1 is 1.41 bits per heavy atom. The van der Waals surface area contributed by atoms with Crippen molar-refractivity contribution in [3.05, 3.63) is 29.8 Å². The molecule has 1 heterocycles. The number of rotatable bonds is 6. The summed E-state index contributed by atoms with van der Waals surface area (Å²) in [6.07, 6.45) is 1.50. The minimum atomic E-state index is -3.78. The van der Waals surface area contributed by atoms with Gasteiger partial charge in [0.05, 0.1) is 17.2 Å². The van der Waals surface area contributed by atoms with Crippen molar-refractivity contribution in [2.45, 2.75) is 18.7 Å². The van der Waals surface area contributed by atoms with Gasteiger partial charge in [-0.25, -0.2) is 13.4 Å². The van der Waals surface area contributed by atoms with Crippen molar-refractivity contribution in [1.82, 2.24) is 4.98 Å². The Morgan fingerprint density at radius 3 is 2.77 bits per heavy atom. The normalized spacial score (nSPS) is 11.0. The van der Waals surface area contributed by atoms with E-state index in [-0.39, 0.29) is 15.9 Å². The molecule has 1 aromatic heterocycles. The van der Waals surface area contributed by atoms with Crippen molar-refractivity contribution in [3.63, 3.8) is 0 Å². The van der Waals surface area contributed by atoms with Crippen LogP contribution in [0.3, 0.4) is 0 Å². The van der Waals surface area contributed by atoms with Gasteiger partial charge in [-0.3, -0.25) is 9.52 Å². The summed E-state index contributed by atoms with van der Waals surface area (Å²) < 4.78 is 32.4. The van der Waals surface area contributed by atoms with Crippen LogP contribution in [0.4, 0.5) is 10.8 Å². The summed E-state index contributed by atoms with van der Waals surface area (Å²) >= 11 is 1.17. The fourth-order valence-electron chi connectivity index (χ4n) is 1.69. The van der Waals surface area contributed by atoms with Crippen molar-refractivity contribution < 1.29 is 17.9 Å². The quantitative estimate of drug-likeness (QED) is 0.840. The topological polar surface area (TPSA) is 97.4 Å². The van der Waals surface area contributed by atoms with E-state index in [9.17, 15) is 13.2 Å². The van der Waals surface area contributed by atoms with Crippen LogP contribution in [-0.4, -0.2) is 25.9 Å². The maximum absolute atomic E-state index is 12.3. The second-order valence-corrected chi connectivity index (χ2v) is 6.79. The Kier molecular flexibility index (Phi) is 4.99. The molecule has 0 unspecified atom stereocenters. The van der Waals surface area contributed by atoms with Gasteiger partial charge < -0.3 is 10.1 Å². The standard InChI is InChI=1S/C13H15N3O4S2/c1-3-20-12-5-4-10(8-11(12)15-9(2)17)22(18,19)16-13-14-6-7-21-13/h4-8H,3H2,1-2H3,(H,14,16)(H,15,17). The highest BCUT2D eigenvalue weighted by Gasteiger charge is 2.18. The van der Waals surface area contributed by atoms with Gasteiger partial charge >= 0.3 is 0 Å². The van der Waals surface area contributed by atoms with Crippen LogP contribution < -0.4 is 14.8 Å². The molecule has 0 fully saturated rings. The number of nitrogens with one attached hydrogen (secondary N) is 2. The first-order chi connectivity index (χ1) is 10.4. The number of anilines is 2. The summed E-state index contributed by atoms with van der Waals surface area (Å²) in [5, 5.41) is 4.50. The number of thiazole rings is 1. The molecule has 0 aliphatic heterocycles. The molecule has 0 saturated carbocycles. The summed E-state index contributed by atoms with van der Waals surface area (Å²) in [4.78, 5) is 15.1. The number of ether oxygens (including phenoxy) is 1. The average Bonchev–Trinajstić information content (AvgIpc) is 2.92. The lowest BCUT2D eigenvalue weighted by Gasteiger charge is -2.13. The molecule has 2 rings (SSSR count). The van der Waals surface area contributed by atoms with Crippen LogP contribution >= 0.6 is 11.3 Å². The van der Waals surface area contributed by atoms with Crippen molar-refractivity contribution in [2.24, 2.45) is 0 Å². The molecule has 22 heavy (non-hydrogen) atoms.